The molecule has 0 aliphatic heterocycles. The van der Waals surface area contributed by atoms with Gasteiger partial charge < -0.3 is 10.3 Å². The predicted octanol–water partition coefficient (Wildman–Crippen LogP) is 3.00. The zero-order chi connectivity index (χ0) is 13.1. The fraction of sp³-hybridized carbons (Fsp3) is 0.250. The van der Waals surface area contributed by atoms with Crippen LogP contribution in [0.2, 0.25) is 0 Å². The van der Waals surface area contributed by atoms with E-state index >= 15 is 0 Å². The van der Waals surface area contributed by atoms with Crippen molar-refractivity contribution in [3.05, 3.63) is 38.5 Å². The van der Waals surface area contributed by atoms with Crippen molar-refractivity contribution in [2.24, 2.45) is 0 Å². The first-order valence-electron chi connectivity index (χ1n) is 5.45. The van der Waals surface area contributed by atoms with E-state index in [1.807, 2.05) is 19.9 Å². The van der Waals surface area contributed by atoms with Gasteiger partial charge in [0.25, 0.3) is 0 Å². The highest BCUT2D eigenvalue weighted by Crippen LogP contribution is 2.17. The number of carbonyl (C=O) groups excluding carboxylic acids is 1. The topological polar surface area (TPSA) is 57.8 Å². The average Bonchev–Trinajstić information content (AvgIpc) is 2.61. The third-order valence-electron chi connectivity index (χ3n) is 2.56. The molecule has 0 atom stereocenters. The van der Waals surface area contributed by atoms with Gasteiger partial charge in [-0.25, -0.2) is 0 Å². The Morgan fingerprint density at radius 1 is 1.56 bits per heavy atom. The Labute approximate surface area is 114 Å². The van der Waals surface area contributed by atoms with Gasteiger partial charge in [0.05, 0.1) is 18.3 Å². The molecule has 0 spiro atoms. The van der Waals surface area contributed by atoms with Crippen LogP contribution in [-0.2, 0) is 11.2 Å². The molecule has 0 aliphatic rings. The van der Waals surface area contributed by atoms with Crippen LogP contribution in [0.4, 0.5) is 5.69 Å². The fourth-order valence-electron chi connectivity index (χ4n) is 1.54. The Kier molecular flexibility index (Phi) is 3.88. The third kappa shape index (κ3) is 3.02. The molecule has 2 N–H and O–H groups in total. The van der Waals surface area contributed by atoms with Crippen LogP contribution in [0, 0.1) is 17.8 Å². The second kappa shape index (κ2) is 5.41. The smallest absolute Gasteiger partial charge is 0.229 e. The minimum Gasteiger partial charge on any atom is -0.341 e. The number of amides is 1. The van der Waals surface area contributed by atoms with Gasteiger partial charge in [0.2, 0.25) is 5.91 Å². The zero-order valence-corrected chi connectivity index (χ0v) is 11.7. The summed E-state index contributed by atoms with van der Waals surface area (Å²) in [4.78, 5) is 19.9. The van der Waals surface area contributed by atoms with Crippen molar-refractivity contribution >= 4 is 35.1 Å². The lowest BCUT2D eigenvalue weighted by molar-refractivity contribution is -0.115. The SMILES string of the molecule is Cc1ccncc1NC(=O)Cc1sc(=S)[nH]c1C. The number of nitrogens with one attached hydrogen (secondary N) is 2. The Morgan fingerprint density at radius 3 is 2.94 bits per heavy atom. The van der Waals surface area contributed by atoms with E-state index in [0.29, 0.717) is 10.4 Å². The van der Waals surface area contributed by atoms with Gasteiger partial charge in [-0.15, -0.1) is 11.3 Å². The van der Waals surface area contributed by atoms with Crippen molar-refractivity contribution in [1.29, 1.82) is 0 Å². The maximum atomic E-state index is 11.9. The molecular weight excluding hydrogens is 266 g/mol. The summed E-state index contributed by atoms with van der Waals surface area (Å²) in [6.07, 6.45) is 3.68. The molecule has 0 bridgehead atoms. The number of aromatic nitrogens is 2. The number of H-pyrrole nitrogens is 1. The van der Waals surface area contributed by atoms with E-state index in [-0.39, 0.29) is 5.91 Å². The van der Waals surface area contributed by atoms with Crippen molar-refractivity contribution in [3.63, 3.8) is 0 Å². The first-order valence-corrected chi connectivity index (χ1v) is 6.68. The Bertz CT molecular complexity index is 630. The Hall–Kier alpha value is -1.53. The van der Waals surface area contributed by atoms with Crippen LogP contribution in [0.15, 0.2) is 18.5 Å². The fourth-order valence-corrected chi connectivity index (χ4v) is 2.83. The summed E-state index contributed by atoms with van der Waals surface area (Å²) in [6.45, 7) is 3.85. The molecule has 0 unspecified atom stereocenters. The van der Waals surface area contributed by atoms with E-state index in [4.69, 9.17) is 12.2 Å². The van der Waals surface area contributed by atoms with Crippen LogP contribution >= 0.6 is 23.6 Å². The van der Waals surface area contributed by atoms with Crippen molar-refractivity contribution in [2.75, 3.05) is 5.32 Å². The summed E-state index contributed by atoms with van der Waals surface area (Å²) in [5, 5.41) is 2.85. The Morgan fingerprint density at radius 2 is 2.33 bits per heavy atom. The lowest BCUT2D eigenvalue weighted by Crippen LogP contribution is -2.15. The molecule has 0 fully saturated rings. The number of carbonyl (C=O) groups is 1. The highest BCUT2D eigenvalue weighted by molar-refractivity contribution is 7.73. The van der Waals surface area contributed by atoms with Gasteiger partial charge in [-0.3, -0.25) is 9.78 Å². The molecule has 0 aliphatic carbocycles. The molecular formula is C12H13N3OS2. The predicted molar refractivity (Wildman–Crippen MR) is 75.5 cm³/mol. The summed E-state index contributed by atoms with van der Waals surface area (Å²) in [5.74, 6) is -0.0561. The van der Waals surface area contributed by atoms with Crippen LogP contribution in [0.1, 0.15) is 16.1 Å². The lowest BCUT2D eigenvalue weighted by Gasteiger charge is -2.06. The van der Waals surface area contributed by atoms with Gasteiger partial charge in [-0.1, -0.05) is 0 Å². The molecule has 18 heavy (non-hydrogen) atoms. The normalized spacial score (nSPS) is 10.3. The number of pyridine rings is 1. The molecule has 2 heterocycles. The largest absolute Gasteiger partial charge is 0.341 e. The Balaban J connectivity index is 2.08. The molecule has 0 radical (unpaired) electrons. The number of thiazole rings is 1. The van der Waals surface area contributed by atoms with Crippen LogP contribution in [-0.4, -0.2) is 15.9 Å². The summed E-state index contributed by atoms with van der Waals surface area (Å²) in [7, 11) is 0. The number of hydrogen-bond donors (Lipinski definition) is 2. The molecule has 0 saturated heterocycles. The average molecular weight is 279 g/mol. The second-order valence-electron chi connectivity index (χ2n) is 3.98. The molecule has 2 aromatic rings. The monoisotopic (exact) mass is 279 g/mol. The standard InChI is InChI=1S/C12H13N3OS2/c1-7-3-4-13-6-9(7)15-11(16)5-10-8(2)14-12(17)18-10/h3-4,6H,5H2,1-2H3,(H,14,17)(H,15,16). The minimum atomic E-state index is -0.0561. The van der Waals surface area contributed by atoms with Crippen molar-refractivity contribution < 1.29 is 4.79 Å². The lowest BCUT2D eigenvalue weighted by atomic mass is 10.2. The number of anilines is 1. The maximum absolute atomic E-state index is 11.9. The number of aromatic amines is 1. The van der Waals surface area contributed by atoms with Crippen LogP contribution < -0.4 is 5.32 Å². The van der Waals surface area contributed by atoms with Gasteiger partial charge in [0.15, 0.2) is 3.95 Å². The quantitative estimate of drug-likeness (QED) is 0.849. The molecule has 2 rings (SSSR count). The summed E-state index contributed by atoms with van der Waals surface area (Å²) in [6, 6.07) is 1.86. The van der Waals surface area contributed by atoms with Gasteiger partial charge in [-0.05, 0) is 37.7 Å². The van der Waals surface area contributed by atoms with E-state index in [1.165, 1.54) is 11.3 Å². The number of nitrogens with zero attached hydrogens (tertiary/aromatic N) is 1. The molecule has 0 saturated carbocycles. The van der Waals surface area contributed by atoms with Gasteiger partial charge in [0, 0.05) is 16.8 Å². The van der Waals surface area contributed by atoms with Gasteiger partial charge in [0.1, 0.15) is 0 Å². The van der Waals surface area contributed by atoms with E-state index in [1.54, 1.807) is 12.4 Å². The molecule has 1 amide bonds. The summed E-state index contributed by atoms with van der Waals surface area (Å²) in [5.41, 5.74) is 2.71. The molecule has 6 heteroatoms. The zero-order valence-electron chi connectivity index (χ0n) is 10.1. The molecule has 4 nitrogen and oxygen atoms in total. The molecule has 94 valence electrons. The number of hydrogen-bond acceptors (Lipinski definition) is 4. The van der Waals surface area contributed by atoms with Crippen LogP contribution in [0.3, 0.4) is 0 Å². The molecule has 0 aromatic carbocycles. The highest BCUT2D eigenvalue weighted by atomic mass is 32.1. The van der Waals surface area contributed by atoms with Crippen LogP contribution in [0.25, 0.3) is 0 Å². The van der Waals surface area contributed by atoms with Gasteiger partial charge >= 0.3 is 0 Å². The van der Waals surface area contributed by atoms with Crippen LogP contribution in [0.5, 0.6) is 0 Å². The maximum Gasteiger partial charge on any atom is 0.229 e. The first kappa shape index (κ1) is 12.9. The van der Waals surface area contributed by atoms with E-state index in [2.05, 4.69) is 15.3 Å². The van der Waals surface area contributed by atoms with Crippen molar-refractivity contribution in [1.82, 2.24) is 9.97 Å². The van der Waals surface area contributed by atoms with E-state index in [9.17, 15) is 4.79 Å². The van der Waals surface area contributed by atoms with E-state index in [0.717, 1.165) is 21.8 Å². The number of aryl methyl sites for hydroxylation is 2. The molecule has 2 aromatic heterocycles. The number of rotatable bonds is 3. The third-order valence-corrected chi connectivity index (χ3v) is 3.89. The van der Waals surface area contributed by atoms with Crippen molar-refractivity contribution in [3.8, 4) is 0 Å². The minimum absolute atomic E-state index is 0.0561. The summed E-state index contributed by atoms with van der Waals surface area (Å²) < 4.78 is 0.702. The van der Waals surface area contributed by atoms with Crippen molar-refractivity contribution in [2.45, 2.75) is 20.3 Å². The first-order chi connectivity index (χ1) is 8.56. The summed E-state index contributed by atoms with van der Waals surface area (Å²) >= 11 is 6.49. The van der Waals surface area contributed by atoms with E-state index < -0.39 is 0 Å². The highest BCUT2D eigenvalue weighted by Gasteiger charge is 2.09. The second-order valence-corrected chi connectivity index (χ2v) is 5.75. The van der Waals surface area contributed by atoms with Gasteiger partial charge in [-0.2, -0.15) is 0 Å².